The number of imide groups is 1. The van der Waals surface area contributed by atoms with Crippen LogP contribution in [0.4, 0.5) is 4.79 Å². The van der Waals surface area contributed by atoms with E-state index in [-0.39, 0.29) is 11.3 Å². The summed E-state index contributed by atoms with van der Waals surface area (Å²) in [7, 11) is 1.68. The lowest BCUT2D eigenvalue weighted by Crippen LogP contribution is -2.47. The summed E-state index contributed by atoms with van der Waals surface area (Å²) in [6.07, 6.45) is 1.90. The summed E-state index contributed by atoms with van der Waals surface area (Å²) >= 11 is 0. The summed E-state index contributed by atoms with van der Waals surface area (Å²) < 4.78 is 5.37. The Bertz CT molecular complexity index is 722. The maximum Gasteiger partial charge on any atom is 0.322 e. The van der Waals surface area contributed by atoms with Gasteiger partial charge in [-0.05, 0) is 50.6 Å². The molecular formula is C19H26N4O4. The van der Waals surface area contributed by atoms with Gasteiger partial charge in [0.2, 0.25) is 0 Å². The van der Waals surface area contributed by atoms with Gasteiger partial charge in [0.15, 0.2) is 0 Å². The Balaban J connectivity index is 1.65. The minimum absolute atomic E-state index is 0.0463. The first-order valence-corrected chi connectivity index (χ1v) is 9.11. The minimum atomic E-state index is -1.12. The second-order valence-electron chi connectivity index (χ2n) is 7.48. The van der Waals surface area contributed by atoms with Gasteiger partial charge in [-0.15, -0.1) is 0 Å². The maximum atomic E-state index is 12.5. The number of benzene rings is 1. The standard InChI is InChI=1S/C19H26N4O4/c1-18(16(25)22-17(26)23-18)14-5-3-13(4-6-14)15(24)21-11-19(12-27-2)7-9-20-10-8-19/h3-6,20H,7-12H2,1-2H3,(H,21,24)(H2,22,23,25,26). The molecule has 0 aromatic heterocycles. The van der Waals surface area contributed by atoms with E-state index in [9.17, 15) is 14.4 Å². The average Bonchev–Trinajstić information content (AvgIpc) is 2.94. The van der Waals surface area contributed by atoms with Crippen LogP contribution in [-0.2, 0) is 15.1 Å². The van der Waals surface area contributed by atoms with Gasteiger partial charge in [-0.25, -0.2) is 4.79 Å². The molecule has 1 aromatic rings. The molecule has 1 atom stereocenters. The van der Waals surface area contributed by atoms with Crippen LogP contribution < -0.4 is 21.3 Å². The molecule has 0 aliphatic carbocycles. The maximum absolute atomic E-state index is 12.5. The van der Waals surface area contributed by atoms with Crippen LogP contribution in [0.25, 0.3) is 0 Å². The van der Waals surface area contributed by atoms with Crippen molar-refractivity contribution in [3.05, 3.63) is 35.4 Å². The van der Waals surface area contributed by atoms with E-state index >= 15 is 0 Å². The van der Waals surface area contributed by atoms with Crippen LogP contribution in [0.2, 0.25) is 0 Å². The number of urea groups is 1. The molecule has 8 nitrogen and oxygen atoms in total. The van der Waals surface area contributed by atoms with Gasteiger partial charge in [-0.2, -0.15) is 0 Å². The fourth-order valence-electron chi connectivity index (χ4n) is 3.71. The number of piperidine rings is 1. The lowest BCUT2D eigenvalue weighted by molar-refractivity contribution is -0.123. The first kappa shape index (κ1) is 19.3. The molecule has 0 saturated carbocycles. The highest BCUT2D eigenvalue weighted by Crippen LogP contribution is 2.28. The lowest BCUT2D eigenvalue weighted by Gasteiger charge is -2.37. The van der Waals surface area contributed by atoms with Crippen molar-refractivity contribution >= 4 is 17.8 Å². The van der Waals surface area contributed by atoms with Crippen molar-refractivity contribution in [1.29, 1.82) is 0 Å². The Morgan fingerprint density at radius 2 is 1.85 bits per heavy atom. The summed E-state index contributed by atoms with van der Waals surface area (Å²) in [6, 6.07) is 6.19. The molecule has 0 bridgehead atoms. The summed E-state index contributed by atoms with van der Waals surface area (Å²) in [5.74, 6) is -0.572. The molecule has 3 rings (SSSR count). The van der Waals surface area contributed by atoms with Crippen molar-refractivity contribution in [2.45, 2.75) is 25.3 Å². The predicted molar refractivity (Wildman–Crippen MR) is 99.2 cm³/mol. The van der Waals surface area contributed by atoms with Crippen LogP contribution in [-0.4, -0.2) is 51.2 Å². The lowest BCUT2D eigenvalue weighted by atomic mass is 9.79. The number of carbonyl (C=O) groups excluding carboxylic acids is 3. The first-order valence-electron chi connectivity index (χ1n) is 9.11. The molecule has 8 heteroatoms. The first-order chi connectivity index (χ1) is 12.9. The zero-order chi connectivity index (χ0) is 19.5. The van der Waals surface area contributed by atoms with Gasteiger partial charge in [0.05, 0.1) is 6.61 Å². The van der Waals surface area contributed by atoms with Crippen LogP contribution in [0, 0.1) is 5.41 Å². The second-order valence-corrected chi connectivity index (χ2v) is 7.48. The number of carbonyl (C=O) groups is 3. The van der Waals surface area contributed by atoms with Gasteiger partial charge in [0.1, 0.15) is 5.54 Å². The fraction of sp³-hybridized carbons (Fsp3) is 0.526. The summed E-state index contributed by atoms with van der Waals surface area (Å²) in [6.45, 7) is 4.63. The topological polar surface area (TPSA) is 109 Å². The van der Waals surface area contributed by atoms with Crippen molar-refractivity contribution in [2.75, 3.05) is 33.4 Å². The van der Waals surface area contributed by atoms with Crippen LogP contribution in [0.5, 0.6) is 0 Å². The molecule has 2 saturated heterocycles. The average molecular weight is 374 g/mol. The molecule has 4 amide bonds. The third-order valence-corrected chi connectivity index (χ3v) is 5.51. The van der Waals surface area contributed by atoms with Crippen molar-refractivity contribution in [2.24, 2.45) is 5.41 Å². The largest absolute Gasteiger partial charge is 0.384 e. The van der Waals surface area contributed by atoms with Crippen LogP contribution in [0.1, 0.15) is 35.7 Å². The van der Waals surface area contributed by atoms with Gasteiger partial charge in [-0.3, -0.25) is 14.9 Å². The normalized spacial score (nSPS) is 24.2. The highest BCUT2D eigenvalue weighted by molar-refractivity contribution is 6.07. The number of hydrogen-bond acceptors (Lipinski definition) is 5. The zero-order valence-electron chi connectivity index (χ0n) is 15.7. The van der Waals surface area contributed by atoms with E-state index < -0.39 is 17.5 Å². The Hall–Kier alpha value is -2.45. The van der Waals surface area contributed by atoms with Crippen molar-refractivity contribution in [3.63, 3.8) is 0 Å². The Morgan fingerprint density at radius 3 is 2.41 bits per heavy atom. The van der Waals surface area contributed by atoms with Crippen molar-refractivity contribution in [3.8, 4) is 0 Å². The van der Waals surface area contributed by atoms with Crippen molar-refractivity contribution in [1.82, 2.24) is 21.3 Å². The molecule has 146 valence electrons. The zero-order valence-corrected chi connectivity index (χ0v) is 15.7. The van der Waals surface area contributed by atoms with E-state index in [1.807, 2.05) is 0 Å². The monoisotopic (exact) mass is 374 g/mol. The van der Waals surface area contributed by atoms with E-state index in [1.54, 1.807) is 38.3 Å². The predicted octanol–water partition coefficient (Wildman–Crippen LogP) is 0.487. The van der Waals surface area contributed by atoms with Gasteiger partial charge in [0.25, 0.3) is 11.8 Å². The minimum Gasteiger partial charge on any atom is -0.384 e. The van der Waals surface area contributed by atoms with E-state index in [0.29, 0.717) is 24.3 Å². The summed E-state index contributed by atoms with van der Waals surface area (Å²) in [4.78, 5) is 36.0. The number of ether oxygens (including phenoxy) is 1. The highest BCUT2D eigenvalue weighted by atomic mass is 16.5. The molecule has 0 radical (unpaired) electrons. The van der Waals surface area contributed by atoms with Gasteiger partial charge < -0.3 is 20.7 Å². The molecule has 2 aliphatic rings. The van der Waals surface area contributed by atoms with E-state index in [0.717, 1.165) is 25.9 Å². The number of hydrogen-bond donors (Lipinski definition) is 4. The molecular weight excluding hydrogens is 348 g/mol. The molecule has 27 heavy (non-hydrogen) atoms. The van der Waals surface area contributed by atoms with Gasteiger partial charge in [-0.1, -0.05) is 12.1 Å². The van der Waals surface area contributed by atoms with E-state index in [2.05, 4.69) is 21.3 Å². The molecule has 1 aromatic carbocycles. The summed E-state index contributed by atoms with van der Waals surface area (Å²) in [5, 5.41) is 11.2. The number of amides is 4. The van der Waals surface area contributed by atoms with Crippen LogP contribution >= 0.6 is 0 Å². The number of rotatable bonds is 6. The van der Waals surface area contributed by atoms with E-state index in [1.165, 1.54) is 0 Å². The Kier molecular flexibility index (Phi) is 5.48. The Labute approximate surface area is 158 Å². The fourth-order valence-corrected chi connectivity index (χ4v) is 3.71. The van der Waals surface area contributed by atoms with E-state index in [4.69, 9.17) is 4.74 Å². The van der Waals surface area contributed by atoms with Crippen LogP contribution in [0.15, 0.2) is 24.3 Å². The quantitative estimate of drug-likeness (QED) is 0.542. The molecule has 2 aliphatic heterocycles. The van der Waals surface area contributed by atoms with Gasteiger partial charge in [0, 0.05) is 24.6 Å². The second kappa shape index (κ2) is 7.66. The smallest absolute Gasteiger partial charge is 0.322 e. The number of methoxy groups -OCH3 is 1. The highest BCUT2D eigenvalue weighted by Gasteiger charge is 2.43. The molecule has 1 unspecified atom stereocenters. The third kappa shape index (κ3) is 3.96. The summed E-state index contributed by atoms with van der Waals surface area (Å²) in [5.41, 5.74) is -0.0378. The van der Waals surface area contributed by atoms with Crippen molar-refractivity contribution < 1.29 is 19.1 Å². The molecule has 2 fully saturated rings. The SMILES string of the molecule is COCC1(CNC(=O)c2ccc(C3(C)NC(=O)NC3=O)cc2)CCNCC1. The molecule has 0 spiro atoms. The molecule has 4 N–H and O–H groups in total. The van der Waals surface area contributed by atoms with Crippen LogP contribution in [0.3, 0.4) is 0 Å². The Morgan fingerprint density at radius 1 is 1.19 bits per heavy atom. The van der Waals surface area contributed by atoms with Gasteiger partial charge >= 0.3 is 6.03 Å². The third-order valence-electron chi connectivity index (χ3n) is 5.51. The number of nitrogens with one attached hydrogen (secondary N) is 4. The molecule has 2 heterocycles.